The van der Waals surface area contributed by atoms with Gasteiger partial charge < -0.3 is 0 Å². The largest absolute Gasteiger partial charge is 0.419 e. The minimum absolute atomic E-state index is 0.247. The number of benzene rings is 2. The predicted molar refractivity (Wildman–Crippen MR) is 66.6 cm³/mol. The first kappa shape index (κ1) is 13.9. The highest BCUT2D eigenvalue weighted by molar-refractivity contribution is 6.33. The molecule has 0 fully saturated rings. The molecule has 5 heteroatoms. The number of alkyl halides is 3. The summed E-state index contributed by atoms with van der Waals surface area (Å²) in [7, 11) is 0. The van der Waals surface area contributed by atoms with Crippen LogP contribution in [0.5, 0.6) is 0 Å². The highest BCUT2D eigenvalue weighted by atomic mass is 35.5. The lowest BCUT2D eigenvalue weighted by Gasteiger charge is -2.12. The molecule has 0 aliphatic heterocycles. The van der Waals surface area contributed by atoms with Crippen molar-refractivity contribution in [1.29, 1.82) is 0 Å². The molecule has 19 heavy (non-hydrogen) atoms. The van der Waals surface area contributed by atoms with Gasteiger partial charge in [0.15, 0.2) is 0 Å². The van der Waals surface area contributed by atoms with Crippen molar-refractivity contribution in [3.05, 3.63) is 58.4 Å². The van der Waals surface area contributed by atoms with E-state index in [1.807, 2.05) is 0 Å². The van der Waals surface area contributed by atoms with E-state index in [0.29, 0.717) is 10.6 Å². The molecule has 0 nitrogen and oxygen atoms in total. The molecule has 0 aliphatic carbocycles. The van der Waals surface area contributed by atoms with Gasteiger partial charge in [-0.2, -0.15) is 13.2 Å². The molecule has 0 heterocycles. The van der Waals surface area contributed by atoms with Crippen LogP contribution < -0.4 is 0 Å². The third kappa shape index (κ3) is 2.73. The van der Waals surface area contributed by atoms with E-state index in [0.717, 1.165) is 17.7 Å². The zero-order valence-electron chi connectivity index (χ0n) is 9.85. The minimum atomic E-state index is -4.73. The summed E-state index contributed by atoms with van der Waals surface area (Å²) in [5, 5.41) is 0.333. The van der Waals surface area contributed by atoms with Crippen LogP contribution in [0.2, 0.25) is 5.02 Å². The summed E-state index contributed by atoms with van der Waals surface area (Å²) in [4.78, 5) is 0. The summed E-state index contributed by atoms with van der Waals surface area (Å²) in [6.45, 7) is 1.73. The van der Waals surface area contributed by atoms with E-state index < -0.39 is 17.6 Å². The van der Waals surface area contributed by atoms with E-state index in [2.05, 4.69) is 0 Å². The second kappa shape index (κ2) is 4.85. The summed E-state index contributed by atoms with van der Waals surface area (Å²) in [5.41, 5.74) is 0.169. The van der Waals surface area contributed by atoms with Crippen LogP contribution >= 0.6 is 11.6 Å². The molecule has 0 aromatic heterocycles. The molecule has 2 aromatic carbocycles. The average Bonchev–Trinajstić information content (AvgIpc) is 2.29. The maximum atomic E-state index is 13.2. The fourth-order valence-electron chi connectivity index (χ4n) is 1.90. The van der Waals surface area contributed by atoms with Gasteiger partial charge in [-0.05, 0) is 36.2 Å². The van der Waals surface area contributed by atoms with Crippen molar-refractivity contribution in [1.82, 2.24) is 0 Å². The van der Waals surface area contributed by atoms with Crippen LogP contribution in [0.1, 0.15) is 11.1 Å². The van der Waals surface area contributed by atoms with Gasteiger partial charge in [0.05, 0.1) is 5.56 Å². The molecule has 0 spiro atoms. The van der Waals surface area contributed by atoms with Gasteiger partial charge in [0.2, 0.25) is 0 Å². The number of hydrogen-bond acceptors (Lipinski definition) is 0. The molecule has 0 radical (unpaired) electrons. The highest BCUT2D eigenvalue weighted by Gasteiger charge is 2.34. The molecule has 0 aliphatic rings. The number of hydrogen-bond donors (Lipinski definition) is 0. The lowest BCUT2D eigenvalue weighted by Crippen LogP contribution is -2.08. The third-order valence-electron chi connectivity index (χ3n) is 2.78. The molecule has 0 amide bonds. The molecule has 2 rings (SSSR count). The van der Waals surface area contributed by atoms with E-state index in [-0.39, 0.29) is 5.56 Å². The smallest absolute Gasteiger partial charge is 0.206 e. The molecule has 0 N–H and O–H groups in total. The van der Waals surface area contributed by atoms with Crippen LogP contribution in [-0.2, 0) is 6.18 Å². The van der Waals surface area contributed by atoms with Crippen molar-refractivity contribution in [2.45, 2.75) is 13.1 Å². The fourth-order valence-corrected chi connectivity index (χ4v) is 2.23. The minimum Gasteiger partial charge on any atom is -0.206 e. The lowest BCUT2D eigenvalue weighted by atomic mass is 9.98. The van der Waals surface area contributed by atoms with Gasteiger partial charge in [-0.3, -0.25) is 0 Å². The van der Waals surface area contributed by atoms with Gasteiger partial charge in [-0.15, -0.1) is 0 Å². The topological polar surface area (TPSA) is 0 Å². The van der Waals surface area contributed by atoms with Crippen LogP contribution in [0.15, 0.2) is 36.4 Å². The van der Waals surface area contributed by atoms with Crippen molar-refractivity contribution in [3.8, 4) is 11.1 Å². The Morgan fingerprint density at radius 3 is 2.32 bits per heavy atom. The van der Waals surface area contributed by atoms with Gasteiger partial charge in [0.1, 0.15) is 5.82 Å². The van der Waals surface area contributed by atoms with E-state index >= 15 is 0 Å². The first-order valence-corrected chi connectivity index (χ1v) is 5.80. The molecular formula is C14H9ClF4. The normalized spacial score (nSPS) is 11.7. The Morgan fingerprint density at radius 1 is 1.05 bits per heavy atom. The maximum Gasteiger partial charge on any atom is 0.419 e. The van der Waals surface area contributed by atoms with Crippen LogP contribution in [0.25, 0.3) is 11.1 Å². The summed E-state index contributed by atoms with van der Waals surface area (Å²) in [6.07, 6.45) is -4.73. The number of aryl methyl sites for hydroxylation is 1. The Hall–Kier alpha value is -1.55. The Labute approximate surface area is 112 Å². The summed E-state index contributed by atoms with van der Waals surface area (Å²) >= 11 is 6.00. The van der Waals surface area contributed by atoms with Crippen LogP contribution in [0, 0.1) is 12.7 Å². The lowest BCUT2D eigenvalue weighted by molar-refractivity contribution is -0.139. The second-order valence-electron chi connectivity index (χ2n) is 4.12. The van der Waals surface area contributed by atoms with Crippen molar-refractivity contribution in [3.63, 3.8) is 0 Å². The highest BCUT2D eigenvalue weighted by Crippen LogP contribution is 2.37. The molecule has 100 valence electrons. The number of rotatable bonds is 1. The van der Waals surface area contributed by atoms with Crippen LogP contribution in [-0.4, -0.2) is 0 Å². The Bertz CT molecular complexity index is 597. The summed E-state index contributed by atoms with van der Waals surface area (Å²) < 4.78 is 51.2. The predicted octanol–water partition coefficient (Wildman–Crippen LogP) is 5.47. The van der Waals surface area contributed by atoms with Crippen molar-refractivity contribution >= 4 is 11.6 Å². The molecular weight excluding hydrogens is 280 g/mol. The Balaban J connectivity index is 2.65. The summed E-state index contributed by atoms with van der Waals surface area (Å²) in [5.74, 6) is -1.29. The Morgan fingerprint density at radius 2 is 1.74 bits per heavy atom. The van der Waals surface area contributed by atoms with Gasteiger partial charge in [-0.25, -0.2) is 4.39 Å². The molecule has 0 unspecified atom stereocenters. The average molecular weight is 289 g/mol. The molecule has 0 bridgehead atoms. The van der Waals surface area contributed by atoms with E-state index in [9.17, 15) is 17.6 Å². The van der Waals surface area contributed by atoms with Gasteiger partial charge >= 0.3 is 6.18 Å². The molecule has 0 saturated carbocycles. The SMILES string of the molecule is Cc1cccc(Cl)c1-c1ccc(F)c(C(F)(F)F)c1. The molecule has 0 saturated heterocycles. The molecule has 2 aromatic rings. The number of halogens is 5. The van der Waals surface area contributed by atoms with Gasteiger partial charge in [0.25, 0.3) is 0 Å². The van der Waals surface area contributed by atoms with Crippen molar-refractivity contribution in [2.75, 3.05) is 0 Å². The maximum absolute atomic E-state index is 13.2. The monoisotopic (exact) mass is 288 g/mol. The standard InChI is InChI=1S/C14H9ClF4/c1-8-3-2-4-11(15)13(8)9-5-6-12(16)10(7-9)14(17,18)19/h2-7H,1H3. The second-order valence-corrected chi connectivity index (χ2v) is 4.53. The summed E-state index contributed by atoms with van der Waals surface area (Å²) in [6, 6.07) is 7.90. The zero-order chi connectivity index (χ0) is 14.2. The van der Waals surface area contributed by atoms with Crippen LogP contribution in [0.3, 0.4) is 0 Å². The Kier molecular flexibility index (Phi) is 3.54. The van der Waals surface area contributed by atoms with E-state index in [1.165, 1.54) is 6.07 Å². The zero-order valence-corrected chi connectivity index (χ0v) is 10.6. The van der Waals surface area contributed by atoms with Crippen LogP contribution in [0.4, 0.5) is 17.6 Å². The van der Waals surface area contributed by atoms with Gasteiger partial charge in [-0.1, -0.05) is 29.8 Å². The van der Waals surface area contributed by atoms with E-state index in [1.54, 1.807) is 25.1 Å². The first-order valence-electron chi connectivity index (χ1n) is 5.43. The third-order valence-corrected chi connectivity index (χ3v) is 3.10. The first-order chi connectivity index (χ1) is 8.80. The van der Waals surface area contributed by atoms with E-state index in [4.69, 9.17) is 11.6 Å². The van der Waals surface area contributed by atoms with Crippen molar-refractivity contribution < 1.29 is 17.6 Å². The fraction of sp³-hybridized carbons (Fsp3) is 0.143. The quantitative estimate of drug-likeness (QED) is 0.610. The van der Waals surface area contributed by atoms with Gasteiger partial charge in [0, 0.05) is 10.6 Å². The molecule has 0 atom stereocenters. The van der Waals surface area contributed by atoms with Crippen molar-refractivity contribution in [2.24, 2.45) is 0 Å².